The summed E-state index contributed by atoms with van der Waals surface area (Å²) in [5.41, 5.74) is 5.17. The Labute approximate surface area is 179 Å². The molecule has 0 spiro atoms. The van der Waals surface area contributed by atoms with Gasteiger partial charge < -0.3 is 15.2 Å². The minimum atomic E-state index is -4.69. The van der Waals surface area contributed by atoms with Crippen molar-refractivity contribution in [1.29, 1.82) is 0 Å². The minimum Gasteiger partial charge on any atom is -0.462 e. The van der Waals surface area contributed by atoms with Crippen LogP contribution < -0.4 is 20.5 Å². The molecule has 0 fully saturated rings. The fraction of sp³-hybridized carbons (Fsp3) is 0.312. The monoisotopic (exact) mass is 478 g/mol. The zero-order valence-corrected chi connectivity index (χ0v) is 17.4. The highest BCUT2D eigenvalue weighted by Crippen LogP contribution is 2.22. The van der Waals surface area contributed by atoms with E-state index in [0.29, 0.717) is 0 Å². The van der Waals surface area contributed by atoms with Crippen LogP contribution in [0.2, 0.25) is 0 Å². The first-order valence-corrected chi connectivity index (χ1v) is 10.1. The Bertz CT molecular complexity index is 1130. The van der Waals surface area contributed by atoms with Gasteiger partial charge >= 0.3 is 24.2 Å². The van der Waals surface area contributed by atoms with Gasteiger partial charge in [0.25, 0.3) is 10.0 Å². The number of aryl methyl sites for hydroxylation is 1. The number of carbonyl (C=O) groups is 2. The van der Waals surface area contributed by atoms with E-state index in [1.165, 1.54) is 32.0 Å². The van der Waals surface area contributed by atoms with E-state index in [4.69, 9.17) is 10.5 Å². The Morgan fingerprint density at radius 3 is 2.50 bits per heavy atom. The van der Waals surface area contributed by atoms with Gasteiger partial charge in [-0.15, -0.1) is 0 Å². The van der Waals surface area contributed by atoms with E-state index in [9.17, 15) is 31.2 Å². The number of urea groups is 1. The van der Waals surface area contributed by atoms with Crippen molar-refractivity contribution in [3.8, 4) is 6.01 Å². The van der Waals surface area contributed by atoms with Gasteiger partial charge in [-0.25, -0.2) is 22.7 Å². The number of nitrogens with one attached hydrogen (secondary N) is 2. The van der Waals surface area contributed by atoms with Crippen LogP contribution in [0.5, 0.6) is 6.01 Å². The van der Waals surface area contributed by atoms with Gasteiger partial charge in [0.2, 0.25) is 11.9 Å². The van der Waals surface area contributed by atoms with Gasteiger partial charge in [-0.3, -0.25) is 5.32 Å². The average Bonchev–Trinajstić information content (AvgIpc) is 2.64. The summed E-state index contributed by atoms with van der Waals surface area (Å²) in [4.78, 5) is 34.0. The van der Waals surface area contributed by atoms with Crippen LogP contribution in [0.1, 0.15) is 22.8 Å². The van der Waals surface area contributed by atoms with E-state index in [1.54, 1.807) is 4.72 Å². The molecule has 0 saturated carbocycles. The van der Waals surface area contributed by atoms with Crippen molar-refractivity contribution < 1.29 is 40.7 Å². The number of hydrogen-bond acceptors (Lipinski definition) is 10. The molecule has 32 heavy (non-hydrogen) atoms. The number of halogens is 3. The molecule has 1 aromatic heterocycles. The number of nitrogens with two attached hydrogens (primary N) is 1. The van der Waals surface area contributed by atoms with Gasteiger partial charge in [-0.2, -0.15) is 28.1 Å². The molecule has 2 rings (SSSR count). The van der Waals surface area contributed by atoms with Crippen LogP contribution in [0.15, 0.2) is 23.1 Å². The Kier molecular flexibility index (Phi) is 7.40. The Morgan fingerprint density at radius 1 is 1.19 bits per heavy atom. The average molecular weight is 478 g/mol. The molecule has 0 atom stereocenters. The van der Waals surface area contributed by atoms with Gasteiger partial charge in [0.05, 0.1) is 12.2 Å². The molecule has 2 aromatic rings. The second kappa shape index (κ2) is 9.63. The number of esters is 1. The standard InChI is InChI=1S/C16H17F3N6O6S/c1-3-30-11(26)9-6-4-5-8(2)10(9)32(28,29)25-14(27)23-13-21-12(20)22-15(24-13)31-7-16(17,18)19/h4-6H,3,7H2,1-2H3,(H4,20,21,22,23,24,25,27). The third kappa shape index (κ3) is 6.66. The molecule has 0 bridgehead atoms. The highest BCUT2D eigenvalue weighted by atomic mass is 32.2. The molecular formula is C16H17F3N6O6S. The summed E-state index contributed by atoms with van der Waals surface area (Å²) in [7, 11) is -4.60. The van der Waals surface area contributed by atoms with Crippen LogP contribution in [0.4, 0.5) is 29.9 Å². The molecule has 12 nitrogen and oxygen atoms in total. The molecular weight excluding hydrogens is 461 g/mol. The number of anilines is 2. The first kappa shape index (κ1) is 24.6. The number of carbonyl (C=O) groups excluding carboxylic acids is 2. The molecule has 0 aliphatic heterocycles. The van der Waals surface area contributed by atoms with Gasteiger partial charge in [0.15, 0.2) is 6.61 Å². The lowest BCUT2D eigenvalue weighted by Crippen LogP contribution is -2.36. The summed E-state index contributed by atoms with van der Waals surface area (Å²) >= 11 is 0. The number of nitrogen functional groups attached to an aromatic ring is 1. The summed E-state index contributed by atoms with van der Waals surface area (Å²) in [5, 5.41) is 1.89. The predicted molar refractivity (Wildman–Crippen MR) is 102 cm³/mol. The Balaban J connectivity index is 2.24. The maximum atomic E-state index is 12.7. The van der Waals surface area contributed by atoms with Crippen LogP contribution in [-0.2, 0) is 14.8 Å². The first-order valence-electron chi connectivity index (χ1n) is 8.64. The second-order valence-corrected chi connectivity index (χ2v) is 7.55. The van der Waals surface area contributed by atoms with Crippen LogP contribution in [0, 0.1) is 6.92 Å². The molecule has 174 valence electrons. The van der Waals surface area contributed by atoms with Crippen molar-refractivity contribution >= 4 is 33.9 Å². The minimum absolute atomic E-state index is 0.0142. The van der Waals surface area contributed by atoms with E-state index < -0.39 is 57.6 Å². The fourth-order valence-corrected chi connectivity index (χ4v) is 3.65. The number of amides is 2. The second-order valence-electron chi connectivity index (χ2n) is 5.94. The topological polar surface area (TPSA) is 175 Å². The summed E-state index contributed by atoms with van der Waals surface area (Å²) in [6, 6.07) is 1.78. The van der Waals surface area contributed by atoms with Crippen molar-refractivity contribution in [2.45, 2.75) is 24.9 Å². The third-order valence-corrected chi connectivity index (χ3v) is 4.96. The largest absolute Gasteiger partial charge is 0.462 e. The van der Waals surface area contributed by atoms with E-state index in [2.05, 4.69) is 19.7 Å². The lowest BCUT2D eigenvalue weighted by molar-refractivity contribution is -0.154. The number of sulfonamides is 1. The predicted octanol–water partition coefficient (Wildman–Crippen LogP) is 1.39. The molecule has 0 aliphatic carbocycles. The molecule has 1 aromatic carbocycles. The smallest absolute Gasteiger partial charge is 0.422 e. The lowest BCUT2D eigenvalue weighted by atomic mass is 10.1. The maximum Gasteiger partial charge on any atom is 0.422 e. The summed E-state index contributed by atoms with van der Waals surface area (Å²) in [5.74, 6) is -2.20. The number of hydrogen-bond donors (Lipinski definition) is 3. The number of ether oxygens (including phenoxy) is 2. The quantitative estimate of drug-likeness (QED) is 0.493. The molecule has 0 saturated heterocycles. The molecule has 2 amide bonds. The Hall–Kier alpha value is -3.69. The number of nitrogens with zero attached hydrogens (tertiary/aromatic N) is 3. The van der Waals surface area contributed by atoms with Crippen molar-refractivity contribution in [2.75, 3.05) is 24.3 Å². The molecule has 0 unspecified atom stereocenters. The summed E-state index contributed by atoms with van der Waals surface area (Å²) in [6.07, 6.45) is -4.69. The van der Waals surface area contributed by atoms with E-state index in [-0.39, 0.29) is 17.7 Å². The first-order chi connectivity index (χ1) is 14.8. The highest BCUT2D eigenvalue weighted by molar-refractivity contribution is 7.90. The number of benzene rings is 1. The third-order valence-electron chi connectivity index (χ3n) is 3.43. The van der Waals surface area contributed by atoms with Crippen molar-refractivity contribution in [3.05, 3.63) is 29.3 Å². The summed E-state index contributed by atoms with van der Waals surface area (Å²) in [6.45, 7) is 1.17. The molecule has 0 radical (unpaired) electrons. The van der Waals surface area contributed by atoms with Crippen molar-refractivity contribution in [1.82, 2.24) is 19.7 Å². The van der Waals surface area contributed by atoms with Crippen LogP contribution in [0.25, 0.3) is 0 Å². The Morgan fingerprint density at radius 2 is 1.88 bits per heavy atom. The number of aromatic nitrogens is 3. The van der Waals surface area contributed by atoms with Crippen LogP contribution >= 0.6 is 0 Å². The van der Waals surface area contributed by atoms with Gasteiger partial charge in [0.1, 0.15) is 4.90 Å². The lowest BCUT2D eigenvalue weighted by Gasteiger charge is -2.14. The van der Waals surface area contributed by atoms with Crippen molar-refractivity contribution in [3.63, 3.8) is 0 Å². The van der Waals surface area contributed by atoms with Gasteiger partial charge in [-0.1, -0.05) is 12.1 Å². The fourth-order valence-electron chi connectivity index (χ4n) is 2.32. The van der Waals surface area contributed by atoms with Crippen LogP contribution in [0.3, 0.4) is 0 Å². The van der Waals surface area contributed by atoms with Gasteiger partial charge in [0, 0.05) is 0 Å². The molecule has 16 heteroatoms. The molecule has 0 aliphatic rings. The van der Waals surface area contributed by atoms with Gasteiger partial charge in [-0.05, 0) is 25.5 Å². The van der Waals surface area contributed by atoms with E-state index in [0.717, 1.165) is 0 Å². The zero-order valence-electron chi connectivity index (χ0n) is 16.6. The van der Waals surface area contributed by atoms with E-state index >= 15 is 0 Å². The summed E-state index contributed by atoms with van der Waals surface area (Å²) < 4.78 is 73.0. The molecule has 1 heterocycles. The SMILES string of the molecule is CCOC(=O)c1cccc(C)c1S(=O)(=O)NC(=O)Nc1nc(N)nc(OCC(F)(F)F)n1. The maximum absolute atomic E-state index is 12.7. The van der Waals surface area contributed by atoms with E-state index in [1.807, 2.05) is 5.32 Å². The number of rotatable bonds is 7. The zero-order chi connectivity index (χ0) is 24.1. The highest BCUT2D eigenvalue weighted by Gasteiger charge is 2.30. The molecule has 4 N–H and O–H groups in total. The normalized spacial score (nSPS) is 11.5. The number of alkyl halides is 3. The van der Waals surface area contributed by atoms with Crippen molar-refractivity contribution in [2.24, 2.45) is 0 Å². The van der Waals surface area contributed by atoms with Crippen LogP contribution in [-0.4, -0.2) is 54.8 Å².